The normalized spacial score (nSPS) is 22.8. The average Bonchev–Trinajstić information content (AvgIpc) is 3.42. The molecule has 2 aromatic rings. The number of hydrogen-bond acceptors (Lipinski definition) is 5. The van der Waals surface area contributed by atoms with E-state index in [1.807, 2.05) is 19.2 Å². The van der Waals surface area contributed by atoms with Crippen molar-refractivity contribution in [3.63, 3.8) is 0 Å². The summed E-state index contributed by atoms with van der Waals surface area (Å²) in [5.41, 5.74) is 1.35. The van der Waals surface area contributed by atoms with Gasteiger partial charge in [0.05, 0.1) is 31.1 Å². The van der Waals surface area contributed by atoms with Crippen LogP contribution in [0, 0.1) is 0 Å². The molecule has 2 saturated heterocycles. The van der Waals surface area contributed by atoms with Crippen LogP contribution in [0.2, 0.25) is 0 Å². The molecule has 31 heavy (non-hydrogen) atoms. The van der Waals surface area contributed by atoms with E-state index in [2.05, 4.69) is 69.4 Å². The van der Waals surface area contributed by atoms with Crippen LogP contribution in [-0.4, -0.2) is 86.7 Å². The zero-order chi connectivity index (χ0) is 20.9. The van der Waals surface area contributed by atoms with Gasteiger partial charge < -0.3 is 19.4 Å². The van der Waals surface area contributed by atoms with Crippen LogP contribution in [0.1, 0.15) is 17.4 Å². The van der Waals surface area contributed by atoms with Gasteiger partial charge in [-0.15, -0.1) is 24.0 Å². The molecule has 0 bridgehead atoms. The zero-order valence-corrected chi connectivity index (χ0v) is 20.9. The SMILES string of the molecule is CN=C(NCC(c1ccco1)N(C)C)N1CC2OCCN(Cc3ccccc3)C2C1.I. The standard InChI is InChI=1S/C23H33N5O2.HI/c1-24-23(25-14-19(26(2)3)21-10-7-12-29-21)28-16-20-22(17-28)30-13-11-27(20)15-18-8-5-4-6-9-18;/h4-10,12,19-20,22H,11,13-17H2,1-3H3,(H,24,25);1H. The number of likely N-dealkylation sites (N-methyl/N-ethyl adjacent to an activating group) is 1. The summed E-state index contributed by atoms with van der Waals surface area (Å²) >= 11 is 0. The van der Waals surface area contributed by atoms with E-state index in [1.165, 1.54) is 5.56 Å². The molecule has 0 saturated carbocycles. The number of hydrogen-bond donors (Lipinski definition) is 1. The van der Waals surface area contributed by atoms with Crippen molar-refractivity contribution in [2.45, 2.75) is 24.7 Å². The van der Waals surface area contributed by atoms with Gasteiger partial charge in [0.1, 0.15) is 5.76 Å². The van der Waals surface area contributed by atoms with Crippen molar-refractivity contribution in [1.29, 1.82) is 0 Å². The van der Waals surface area contributed by atoms with E-state index >= 15 is 0 Å². The summed E-state index contributed by atoms with van der Waals surface area (Å²) in [6.07, 6.45) is 1.94. The molecule has 3 atom stereocenters. The smallest absolute Gasteiger partial charge is 0.193 e. The highest BCUT2D eigenvalue weighted by Gasteiger charge is 2.41. The van der Waals surface area contributed by atoms with Crippen molar-refractivity contribution in [3.05, 3.63) is 60.1 Å². The van der Waals surface area contributed by atoms with Gasteiger partial charge in [-0.1, -0.05) is 30.3 Å². The third-order valence-corrected chi connectivity index (χ3v) is 6.10. The van der Waals surface area contributed by atoms with Gasteiger partial charge in [0.25, 0.3) is 0 Å². The van der Waals surface area contributed by atoms with Gasteiger partial charge >= 0.3 is 0 Å². The van der Waals surface area contributed by atoms with Crippen molar-refractivity contribution in [2.24, 2.45) is 4.99 Å². The Bertz CT molecular complexity index is 815. The highest BCUT2D eigenvalue weighted by molar-refractivity contribution is 14.0. The second-order valence-electron chi connectivity index (χ2n) is 8.26. The molecule has 1 aromatic heterocycles. The minimum atomic E-state index is 0. The highest BCUT2D eigenvalue weighted by Crippen LogP contribution is 2.25. The lowest BCUT2D eigenvalue weighted by Crippen LogP contribution is -2.50. The minimum Gasteiger partial charge on any atom is -0.468 e. The van der Waals surface area contributed by atoms with Gasteiger partial charge in [0.2, 0.25) is 0 Å². The fourth-order valence-electron chi connectivity index (χ4n) is 4.48. The Morgan fingerprint density at radius 2 is 2.00 bits per heavy atom. The molecule has 170 valence electrons. The van der Waals surface area contributed by atoms with Gasteiger partial charge in [-0.05, 0) is 31.8 Å². The lowest BCUT2D eigenvalue weighted by molar-refractivity contribution is -0.0502. The van der Waals surface area contributed by atoms with Crippen LogP contribution in [0.5, 0.6) is 0 Å². The summed E-state index contributed by atoms with van der Waals surface area (Å²) in [7, 11) is 5.99. The van der Waals surface area contributed by atoms with E-state index in [0.717, 1.165) is 51.1 Å². The summed E-state index contributed by atoms with van der Waals surface area (Å²) < 4.78 is 11.8. The number of fused-ring (bicyclic) bond motifs is 1. The second kappa shape index (κ2) is 11.3. The molecule has 0 radical (unpaired) electrons. The summed E-state index contributed by atoms with van der Waals surface area (Å²) in [5, 5.41) is 3.56. The molecule has 8 heteroatoms. The number of furan rings is 1. The number of ether oxygens (including phenoxy) is 1. The predicted octanol–water partition coefficient (Wildman–Crippen LogP) is 2.66. The first-order valence-electron chi connectivity index (χ1n) is 10.7. The molecule has 1 aromatic carbocycles. The quantitative estimate of drug-likeness (QED) is 0.346. The Morgan fingerprint density at radius 1 is 1.19 bits per heavy atom. The van der Waals surface area contributed by atoms with E-state index < -0.39 is 0 Å². The van der Waals surface area contributed by atoms with Crippen LogP contribution in [0.15, 0.2) is 58.1 Å². The van der Waals surface area contributed by atoms with Crippen molar-refractivity contribution >= 4 is 29.9 Å². The molecule has 2 fully saturated rings. The molecular formula is C23H34IN5O2. The molecular weight excluding hydrogens is 505 g/mol. The van der Waals surface area contributed by atoms with Gasteiger partial charge in [0.15, 0.2) is 5.96 Å². The van der Waals surface area contributed by atoms with E-state index in [9.17, 15) is 0 Å². The number of nitrogens with one attached hydrogen (secondary N) is 1. The number of nitrogens with zero attached hydrogens (tertiary/aromatic N) is 4. The zero-order valence-electron chi connectivity index (χ0n) is 18.6. The molecule has 1 N–H and O–H groups in total. The van der Waals surface area contributed by atoms with Crippen LogP contribution in [0.4, 0.5) is 0 Å². The Labute approximate surface area is 202 Å². The average molecular weight is 539 g/mol. The molecule has 3 unspecified atom stereocenters. The van der Waals surface area contributed by atoms with Crippen molar-refractivity contribution in [3.8, 4) is 0 Å². The van der Waals surface area contributed by atoms with E-state index in [4.69, 9.17) is 9.15 Å². The molecule has 2 aliphatic heterocycles. The third-order valence-electron chi connectivity index (χ3n) is 6.10. The van der Waals surface area contributed by atoms with Crippen LogP contribution in [0.25, 0.3) is 0 Å². The molecule has 0 aliphatic carbocycles. The van der Waals surface area contributed by atoms with Crippen molar-refractivity contribution in [1.82, 2.24) is 20.0 Å². The molecule has 7 nitrogen and oxygen atoms in total. The van der Waals surface area contributed by atoms with Gasteiger partial charge in [0, 0.05) is 39.8 Å². The number of guanidine groups is 1. The lowest BCUT2D eigenvalue weighted by atomic mass is 10.1. The first-order chi connectivity index (χ1) is 14.7. The first-order valence-corrected chi connectivity index (χ1v) is 10.7. The maximum atomic E-state index is 6.13. The molecule has 0 spiro atoms. The Kier molecular flexibility index (Phi) is 8.76. The number of morpholine rings is 1. The summed E-state index contributed by atoms with van der Waals surface area (Å²) in [5.74, 6) is 1.88. The maximum Gasteiger partial charge on any atom is 0.193 e. The van der Waals surface area contributed by atoms with Crippen LogP contribution < -0.4 is 5.32 Å². The minimum absolute atomic E-state index is 0. The van der Waals surface area contributed by atoms with Crippen molar-refractivity contribution < 1.29 is 9.15 Å². The fraction of sp³-hybridized carbons (Fsp3) is 0.522. The van der Waals surface area contributed by atoms with Gasteiger partial charge in [-0.25, -0.2) is 0 Å². The number of benzene rings is 1. The summed E-state index contributed by atoms with van der Waals surface area (Å²) in [4.78, 5) is 11.6. The first kappa shape index (κ1) is 24.0. The monoisotopic (exact) mass is 539 g/mol. The molecule has 3 heterocycles. The van der Waals surface area contributed by atoms with Crippen molar-refractivity contribution in [2.75, 3.05) is 53.9 Å². The van der Waals surface area contributed by atoms with E-state index in [-0.39, 0.29) is 36.1 Å². The molecule has 0 amide bonds. The third kappa shape index (κ3) is 5.79. The van der Waals surface area contributed by atoms with Crippen LogP contribution >= 0.6 is 24.0 Å². The second-order valence-corrected chi connectivity index (χ2v) is 8.26. The Morgan fingerprint density at radius 3 is 2.68 bits per heavy atom. The maximum absolute atomic E-state index is 6.13. The molecule has 2 aliphatic rings. The Hall–Kier alpha value is -1.62. The molecule has 4 rings (SSSR count). The predicted molar refractivity (Wildman–Crippen MR) is 134 cm³/mol. The Balaban J connectivity index is 0.00000272. The topological polar surface area (TPSA) is 56.5 Å². The largest absolute Gasteiger partial charge is 0.468 e. The van der Waals surface area contributed by atoms with Crippen LogP contribution in [-0.2, 0) is 11.3 Å². The number of likely N-dealkylation sites (tertiary alicyclic amines) is 1. The van der Waals surface area contributed by atoms with Gasteiger partial charge in [-0.2, -0.15) is 0 Å². The van der Waals surface area contributed by atoms with E-state index in [0.29, 0.717) is 6.04 Å². The number of rotatable bonds is 6. The lowest BCUT2D eigenvalue weighted by Gasteiger charge is -2.36. The fourth-order valence-corrected chi connectivity index (χ4v) is 4.48. The van der Waals surface area contributed by atoms with Gasteiger partial charge in [-0.3, -0.25) is 14.8 Å². The summed E-state index contributed by atoms with van der Waals surface area (Å²) in [6.45, 7) is 5.24. The van der Waals surface area contributed by atoms with E-state index in [1.54, 1.807) is 6.26 Å². The van der Waals surface area contributed by atoms with Crippen LogP contribution in [0.3, 0.4) is 0 Å². The summed E-state index contributed by atoms with van der Waals surface area (Å²) in [6, 6.07) is 15.2. The number of halogens is 1. The highest BCUT2D eigenvalue weighted by atomic mass is 127. The number of aliphatic imine (C=N–C) groups is 1.